The molecule has 5 heteroatoms. The number of benzene rings is 1. The van der Waals surface area contributed by atoms with Crippen LogP contribution in [0.25, 0.3) is 0 Å². The van der Waals surface area contributed by atoms with Gasteiger partial charge in [-0.05, 0) is 32.4 Å². The van der Waals surface area contributed by atoms with Gasteiger partial charge in [0.25, 0.3) is 0 Å². The van der Waals surface area contributed by atoms with Crippen LogP contribution in [0.2, 0.25) is 0 Å². The smallest absolute Gasteiger partial charge is 0.240 e. The molecule has 1 fully saturated rings. The van der Waals surface area contributed by atoms with E-state index in [-0.39, 0.29) is 12.1 Å². The molecule has 17 heavy (non-hydrogen) atoms. The lowest BCUT2D eigenvalue weighted by molar-refractivity contribution is 0.379. The van der Waals surface area contributed by atoms with E-state index in [0.29, 0.717) is 4.90 Å². The van der Waals surface area contributed by atoms with Crippen molar-refractivity contribution < 1.29 is 13.2 Å². The molecule has 1 aromatic carbocycles. The van der Waals surface area contributed by atoms with Crippen LogP contribution >= 0.6 is 0 Å². The minimum absolute atomic E-state index is 0.103. The molecule has 1 heterocycles. The van der Waals surface area contributed by atoms with Gasteiger partial charge in [0, 0.05) is 6.04 Å². The summed E-state index contributed by atoms with van der Waals surface area (Å²) < 4.78 is 31.7. The average molecular weight is 255 g/mol. The summed E-state index contributed by atoms with van der Waals surface area (Å²) in [5.41, 5.74) is 1.04. The summed E-state index contributed by atoms with van der Waals surface area (Å²) in [5, 5.41) is 0. The van der Waals surface area contributed by atoms with Crippen LogP contribution in [0.1, 0.15) is 18.9 Å². The zero-order valence-electron chi connectivity index (χ0n) is 10.0. The highest BCUT2D eigenvalue weighted by Gasteiger charge is 2.27. The standard InChI is InChI=1S/C12H17NO3S/c1-9-3-5-12(6-4-9)17(14,15)13-10(2)7-11-8-16-11/h3-6,10-11,13H,7-8H2,1-2H3/t10-,11?/m1/s1. The molecule has 2 rings (SSSR count). The molecule has 0 aliphatic carbocycles. The quantitative estimate of drug-likeness (QED) is 0.810. The molecule has 0 amide bonds. The van der Waals surface area contributed by atoms with Gasteiger partial charge in [0.05, 0.1) is 17.6 Å². The lowest BCUT2D eigenvalue weighted by Crippen LogP contribution is -2.33. The topological polar surface area (TPSA) is 58.7 Å². The van der Waals surface area contributed by atoms with E-state index in [1.165, 1.54) is 0 Å². The van der Waals surface area contributed by atoms with Crippen molar-refractivity contribution in [1.82, 2.24) is 4.72 Å². The fourth-order valence-corrected chi connectivity index (χ4v) is 2.95. The third-order valence-corrected chi connectivity index (χ3v) is 4.31. The maximum absolute atomic E-state index is 12.0. The Kier molecular flexibility index (Phi) is 3.51. The summed E-state index contributed by atoms with van der Waals surface area (Å²) in [7, 11) is -3.40. The van der Waals surface area contributed by atoms with Crippen LogP contribution in [0.15, 0.2) is 29.2 Å². The Morgan fingerprint density at radius 2 is 2.00 bits per heavy atom. The van der Waals surface area contributed by atoms with Gasteiger partial charge in [-0.3, -0.25) is 0 Å². The second-order valence-corrected chi connectivity index (χ2v) is 6.24. The number of ether oxygens (including phenoxy) is 1. The molecule has 1 aromatic rings. The number of epoxide rings is 1. The molecule has 1 aliphatic heterocycles. The first-order chi connectivity index (χ1) is 7.97. The van der Waals surface area contributed by atoms with Crippen LogP contribution in [0, 0.1) is 6.92 Å². The van der Waals surface area contributed by atoms with Gasteiger partial charge in [-0.15, -0.1) is 0 Å². The van der Waals surface area contributed by atoms with E-state index in [1.54, 1.807) is 24.3 Å². The molecule has 0 saturated carbocycles. The van der Waals surface area contributed by atoms with Crippen molar-refractivity contribution in [2.24, 2.45) is 0 Å². The molecular weight excluding hydrogens is 238 g/mol. The minimum atomic E-state index is -3.40. The summed E-state index contributed by atoms with van der Waals surface area (Å²) in [6, 6.07) is 6.73. The first kappa shape index (κ1) is 12.5. The van der Waals surface area contributed by atoms with E-state index in [1.807, 2.05) is 13.8 Å². The zero-order chi connectivity index (χ0) is 12.5. The van der Waals surface area contributed by atoms with Gasteiger partial charge in [-0.1, -0.05) is 17.7 Å². The van der Waals surface area contributed by atoms with Gasteiger partial charge >= 0.3 is 0 Å². The number of aryl methyl sites for hydroxylation is 1. The molecule has 1 unspecified atom stereocenters. The van der Waals surface area contributed by atoms with Gasteiger partial charge in [0.1, 0.15) is 0 Å². The summed E-state index contributed by atoms with van der Waals surface area (Å²) >= 11 is 0. The predicted molar refractivity (Wildman–Crippen MR) is 65.3 cm³/mol. The average Bonchev–Trinajstić information content (AvgIpc) is 3.01. The van der Waals surface area contributed by atoms with Crippen molar-refractivity contribution in [2.75, 3.05) is 6.61 Å². The Bertz CT molecular complexity index is 477. The molecule has 94 valence electrons. The Morgan fingerprint density at radius 3 is 2.53 bits per heavy atom. The second kappa shape index (κ2) is 4.76. The SMILES string of the molecule is Cc1ccc(S(=O)(=O)N[C@H](C)CC2CO2)cc1. The number of rotatable bonds is 5. The van der Waals surface area contributed by atoms with Crippen molar-refractivity contribution >= 4 is 10.0 Å². The highest BCUT2D eigenvalue weighted by Crippen LogP contribution is 2.17. The first-order valence-electron chi connectivity index (χ1n) is 5.68. The normalized spacial score (nSPS) is 21.2. The number of hydrogen-bond donors (Lipinski definition) is 1. The fourth-order valence-electron chi connectivity index (χ4n) is 1.70. The van der Waals surface area contributed by atoms with Crippen molar-refractivity contribution in [2.45, 2.75) is 37.3 Å². The molecule has 4 nitrogen and oxygen atoms in total. The van der Waals surface area contributed by atoms with Crippen molar-refractivity contribution in [3.05, 3.63) is 29.8 Å². The highest BCUT2D eigenvalue weighted by molar-refractivity contribution is 7.89. The van der Waals surface area contributed by atoms with Crippen molar-refractivity contribution in [1.29, 1.82) is 0 Å². The van der Waals surface area contributed by atoms with Crippen LogP contribution in [-0.2, 0) is 14.8 Å². The van der Waals surface area contributed by atoms with Crippen LogP contribution in [0.4, 0.5) is 0 Å². The van der Waals surface area contributed by atoms with Crippen molar-refractivity contribution in [3.63, 3.8) is 0 Å². The van der Waals surface area contributed by atoms with Crippen LogP contribution < -0.4 is 4.72 Å². The molecule has 1 N–H and O–H groups in total. The van der Waals surface area contributed by atoms with E-state index in [0.717, 1.165) is 18.6 Å². The maximum atomic E-state index is 12.0. The lowest BCUT2D eigenvalue weighted by atomic mass is 10.2. The van der Waals surface area contributed by atoms with Gasteiger partial charge in [-0.2, -0.15) is 0 Å². The summed E-state index contributed by atoms with van der Waals surface area (Å²) in [6.07, 6.45) is 0.955. The Balaban J connectivity index is 2.04. The van der Waals surface area contributed by atoms with Crippen LogP contribution in [0.5, 0.6) is 0 Å². The third-order valence-electron chi connectivity index (χ3n) is 2.71. The molecule has 0 bridgehead atoms. The van der Waals surface area contributed by atoms with E-state index in [9.17, 15) is 8.42 Å². The van der Waals surface area contributed by atoms with E-state index in [4.69, 9.17) is 4.74 Å². The van der Waals surface area contributed by atoms with Crippen LogP contribution in [0.3, 0.4) is 0 Å². The molecule has 0 aromatic heterocycles. The Labute approximate surface area is 102 Å². The first-order valence-corrected chi connectivity index (χ1v) is 7.16. The summed E-state index contributed by atoms with van der Waals surface area (Å²) in [6.45, 7) is 4.53. The number of nitrogens with one attached hydrogen (secondary N) is 1. The highest BCUT2D eigenvalue weighted by atomic mass is 32.2. The van der Waals surface area contributed by atoms with E-state index >= 15 is 0 Å². The zero-order valence-corrected chi connectivity index (χ0v) is 10.8. The predicted octanol–water partition coefficient (Wildman–Crippen LogP) is 1.45. The fraction of sp³-hybridized carbons (Fsp3) is 0.500. The minimum Gasteiger partial charge on any atom is -0.373 e. The Morgan fingerprint density at radius 1 is 1.41 bits per heavy atom. The van der Waals surface area contributed by atoms with Crippen LogP contribution in [-0.4, -0.2) is 27.2 Å². The summed E-state index contributed by atoms with van der Waals surface area (Å²) in [5.74, 6) is 0. The van der Waals surface area contributed by atoms with Gasteiger partial charge < -0.3 is 4.74 Å². The number of hydrogen-bond acceptors (Lipinski definition) is 3. The van der Waals surface area contributed by atoms with Gasteiger partial charge in [0.15, 0.2) is 0 Å². The lowest BCUT2D eigenvalue weighted by Gasteiger charge is -2.13. The van der Waals surface area contributed by atoms with E-state index in [2.05, 4.69) is 4.72 Å². The van der Waals surface area contributed by atoms with E-state index < -0.39 is 10.0 Å². The molecule has 0 spiro atoms. The number of sulfonamides is 1. The van der Waals surface area contributed by atoms with Gasteiger partial charge in [0.2, 0.25) is 10.0 Å². The third kappa shape index (κ3) is 3.52. The second-order valence-electron chi connectivity index (χ2n) is 4.53. The molecule has 1 aliphatic rings. The van der Waals surface area contributed by atoms with Crippen molar-refractivity contribution in [3.8, 4) is 0 Å². The summed E-state index contributed by atoms with van der Waals surface area (Å²) in [4.78, 5) is 0.312. The Hall–Kier alpha value is -0.910. The maximum Gasteiger partial charge on any atom is 0.240 e. The molecular formula is C12H17NO3S. The molecule has 1 saturated heterocycles. The van der Waals surface area contributed by atoms with Gasteiger partial charge in [-0.25, -0.2) is 13.1 Å². The monoisotopic (exact) mass is 255 g/mol. The molecule has 0 radical (unpaired) electrons. The largest absolute Gasteiger partial charge is 0.373 e. The molecule has 2 atom stereocenters.